The van der Waals surface area contributed by atoms with Gasteiger partial charge in [0.05, 0.1) is 36.3 Å². The van der Waals surface area contributed by atoms with Crippen molar-refractivity contribution >= 4 is 0 Å². The summed E-state index contributed by atoms with van der Waals surface area (Å²) >= 11 is 0. The van der Waals surface area contributed by atoms with E-state index in [1.165, 1.54) is 16.8 Å². The van der Waals surface area contributed by atoms with Gasteiger partial charge in [-0.3, -0.25) is 9.67 Å². The minimum absolute atomic E-state index is 0.203. The molecule has 0 amide bonds. The predicted octanol–water partition coefficient (Wildman–Crippen LogP) is 2.39. The number of fused-ring (bicyclic) bond motifs is 1. The van der Waals surface area contributed by atoms with Crippen LogP contribution >= 0.6 is 0 Å². The van der Waals surface area contributed by atoms with Gasteiger partial charge in [-0.2, -0.15) is 5.10 Å². The standard InChI is InChI=1S/C13H14FN3O/c1-13(2)8-17-10(7-18-13)5-12(16-17)11-4-3-9(14)6-15-11/h3-6H,7-8H2,1-2H3/i1D3,2D3. The Morgan fingerprint density at radius 2 is 2.33 bits per heavy atom. The zero-order valence-corrected chi connectivity index (χ0v) is 9.35. The van der Waals surface area contributed by atoms with Crippen molar-refractivity contribution in [1.82, 2.24) is 14.8 Å². The summed E-state index contributed by atoms with van der Waals surface area (Å²) in [6, 6.07) is 4.28. The van der Waals surface area contributed by atoms with Gasteiger partial charge in [-0.25, -0.2) is 4.39 Å². The maximum absolute atomic E-state index is 13.0. The fourth-order valence-corrected chi connectivity index (χ4v) is 1.81. The first kappa shape index (κ1) is 6.43. The van der Waals surface area contributed by atoms with E-state index in [0.29, 0.717) is 17.1 Å². The Bertz CT molecular complexity index is 739. The number of halogens is 1. The lowest BCUT2D eigenvalue weighted by Gasteiger charge is -2.30. The van der Waals surface area contributed by atoms with E-state index >= 15 is 0 Å². The molecule has 0 N–H and O–H groups in total. The van der Waals surface area contributed by atoms with E-state index in [4.69, 9.17) is 13.0 Å². The fraction of sp³-hybridized carbons (Fsp3) is 0.385. The van der Waals surface area contributed by atoms with Crippen molar-refractivity contribution in [2.45, 2.75) is 32.5 Å². The molecule has 0 unspecified atom stereocenters. The maximum Gasteiger partial charge on any atom is 0.141 e. The van der Waals surface area contributed by atoms with Crippen LogP contribution in [-0.4, -0.2) is 20.4 Å². The average Bonchev–Trinajstić information content (AvgIpc) is 2.88. The van der Waals surface area contributed by atoms with Crippen LogP contribution in [0.5, 0.6) is 0 Å². The van der Waals surface area contributed by atoms with Crippen LogP contribution in [0.25, 0.3) is 11.4 Å². The van der Waals surface area contributed by atoms with E-state index < -0.39 is 31.7 Å². The largest absolute Gasteiger partial charge is 0.367 e. The van der Waals surface area contributed by atoms with Gasteiger partial charge in [0.25, 0.3) is 0 Å². The third kappa shape index (κ3) is 2.01. The third-order valence-corrected chi connectivity index (χ3v) is 2.69. The van der Waals surface area contributed by atoms with Crippen LogP contribution in [0.3, 0.4) is 0 Å². The first-order valence-electron chi connectivity index (χ1n) is 8.36. The number of hydrogen-bond acceptors (Lipinski definition) is 3. The van der Waals surface area contributed by atoms with Gasteiger partial charge < -0.3 is 4.74 Å². The Labute approximate surface area is 113 Å². The number of ether oxygens (including phenoxy) is 1. The molecule has 0 saturated heterocycles. The molecular formula is C13H14FN3O. The molecule has 0 saturated carbocycles. The molecule has 0 fully saturated rings. The summed E-state index contributed by atoms with van der Waals surface area (Å²) in [5.74, 6) is -0.491. The molecule has 94 valence electrons. The van der Waals surface area contributed by atoms with Crippen molar-refractivity contribution in [1.29, 1.82) is 0 Å². The molecular weight excluding hydrogens is 233 g/mol. The topological polar surface area (TPSA) is 39.9 Å². The van der Waals surface area contributed by atoms with Gasteiger partial charge in [-0.15, -0.1) is 0 Å². The highest BCUT2D eigenvalue weighted by atomic mass is 19.1. The lowest BCUT2D eigenvalue weighted by molar-refractivity contribution is -0.0660. The average molecular weight is 253 g/mol. The number of nitrogens with zero attached hydrogens (tertiary/aromatic N) is 3. The first-order valence-corrected chi connectivity index (χ1v) is 5.36. The van der Waals surface area contributed by atoms with Gasteiger partial charge >= 0.3 is 0 Å². The van der Waals surface area contributed by atoms with E-state index in [-0.39, 0.29) is 6.61 Å². The molecule has 2 aromatic rings. The minimum Gasteiger partial charge on any atom is -0.367 e. The summed E-state index contributed by atoms with van der Waals surface area (Å²) in [6.45, 7) is -6.34. The van der Waals surface area contributed by atoms with Crippen molar-refractivity contribution in [2.24, 2.45) is 0 Å². The SMILES string of the molecule is [2H]C([2H])([2H])C1(C([2H])([2H])[2H])Cn2nc(-c3ccc(F)cn3)cc2CO1. The first-order chi connectivity index (χ1) is 11.0. The van der Waals surface area contributed by atoms with Gasteiger partial charge in [-0.05, 0) is 31.9 Å². The van der Waals surface area contributed by atoms with Crippen LogP contribution in [0.15, 0.2) is 24.4 Å². The summed E-state index contributed by atoms with van der Waals surface area (Å²) in [5, 5.41) is 4.22. The number of rotatable bonds is 1. The highest BCUT2D eigenvalue weighted by molar-refractivity contribution is 5.54. The van der Waals surface area contributed by atoms with Crippen molar-refractivity contribution < 1.29 is 17.4 Å². The van der Waals surface area contributed by atoms with Crippen LogP contribution in [0, 0.1) is 5.82 Å². The van der Waals surface area contributed by atoms with Crippen LogP contribution in [0.2, 0.25) is 0 Å². The van der Waals surface area contributed by atoms with Gasteiger partial charge in [0.2, 0.25) is 0 Å². The number of aromatic nitrogens is 3. The molecule has 0 bridgehead atoms. The molecule has 0 aliphatic carbocycles. The Kier molecular flexibility index (Phi) is 1.39. The monoisotopic (exact) mass is 253 g/mol. The van der Waals surface area contributed by atoms with Crippen LogP contribution in [0.4, 0.5) is 4.39 Å². The molecule has 0 atom stereocenters. The highest BCUT2D eigenvalue weighted by Gasteiger charge is 2.27. The van der Waals surface area contributed by atoms with Crippen molar-refractivity contribution in [2.75, 3.05) is 0 Å². The summed E-state index contributed by atoms with van der Waals surface area (Å²) < 4.78 is 65.3. The Morgan fingerprint density at radius 3 is 3.06 bits per heavy atom. The van der Waals surface area contributed by atoms with Gasteiger partial charge in [0.15, 0.2) is 0 Å². The fourth-order valence-electron chi connectivity index (χ4n) is 1.81. The van der Waals surface area contributed by atoms with E-state index in [0.717, 1.165) is 6.20 Å². The molecule has 2 aromatic heterocycles. The lowest BCUT2D eigenvalue weighted by atomic mass is 10.1. The second-order valence-electron chi connectivity index (χ2n) is 4.16. The van der Waals surface area contributed by atoms with E-state index in [2.05, 4.69) is 10.1 Å². The summed E-state index contributed by atoms with van der Waals surface area (Å²) in [4.78, 5) is 3.91. The predicted molar refractivity (Wildman–Crippen MR) is 64.3 cm³/mol. The molecule has 18 heavy (non-hydrogen) atoms. The number of pyridine rings is 1. The molecule has 5 heteroatoms. The quantitative estimate of drug-likeness (QED) is 0.783. The highest BCUT2D eigenvalue weighted by Crippen LogP contribution is 2.25. The van der Waals surface area contributed by atoms with Crippen molar-refractivity contribution in [3.05, 3.63) is 35.9 Å². The van der Waals surface area contributed by atoms with Gasteiger partial charge in [0.1, 0.15) is 11.5 Å². The molecule has 3 rings (SSSR count). The van der Waals surface area contributed by atoms with E-state index in [9.17, 15) is 4.39 Å². The Hall–Kier alpha value is -1.75. The lowest BCUT2D eigenvalue weighted by Crippen LogP contribution is -2.36. The van der Waals surface area contributed by atoms with Gasteiger partial charge in [0, 0.05) is 8.22 Å². The molecule has 0 spiro atoms. The van der Waals surface area contributed by atoms with E-state index in [1.807, 2.05) is 0 Å². The Morgan fingerprint density at radius 1 is 1.44 bits per heavy atom. The normalized spacial score (nSPS) is 23.8. The second-order valence-corrected chi connectivity index (χ2v) is 4.16. The summed E-state index contributed by atoms with van der Waals surface area (Å²) in [5.41, 5.74) is -1.01. The van der Waals surface area contributed by atoms with Crippen molar-refractivity contribution in [3.63, 3.8) is 0 Å². The van der Waals surface area contributed by atoms with Crippen LogP contribution < -0.4 is 0 Å². The molecule has 0 radical (unpaired) electrons. The van der Waals surface area contributed by atoms with Crippen molar-refractivity contribution in [3.8, 4) is 11.4 Å². The third-order valence-electron chi connectivity index (χ3n) is 2.69. The zero-order valence-electron chi connectivity index (χ0n) is 15.4. The molecule has 0 aromatic carbocycles. The van der Waals surface area contributed by atoms with E-state index in [1.54, 1.807) is 6.07 Å². The molecule has 1 aliphatic rings. The maximum atomic E-state index is 13.0. The van der Waals surface area contributed by atoms with Gasteiger partial charge in [-0.1, -0.05) is 0 Å². The second kappa shape index (κ2) is 3.88. The molecule has 4 nitrogen and oxygen atoms in total. The molecule has 3 heterocycles. The molecule has 1 aliphatic heterocycles. The van der Waals surface area contributed by atoms with Crippen LogP contribution in [0.1, 0.15) is 27.6 Å². The Balaban J connectivity index is 2.00. The van der Waals surface area contributed by atoms with Crippen LogP contribution in [-0.2, 0) is 17.9 Å². The minimum atomic E-state index is -2.85. The zero-order chi connectivity index (χ0) is 17.8. The number of hydrogen-bond donors (Lipinski definition) is 0. The summed E-state index contributed by atoms with van der Waals surface area (Å²) in [7, 11) is 0. The smallest absolute Gasteiger partial charge is 0.141 e. The summed E-state index contributed by atoms with van der Waals surface area (Å²) in [6.07, 6.45) is 1.04.